The van der Waals surface area contributed by atoms with Crippen LogP contribution in [0.1, 0.15) is 12.8 Å². The lowest BCUT2D eigenvalue weighted by Gasteiger charge is -2.23. The van der Waals surface area contributed by atoms with Gasteiger partial charge in [0.05, 0.1) is 0 Å². The van der Waals surface area contributed by atoms with Gasteiger partial charge in [-0.3, -0.25) is 0 Å². The first-order valence-corrected chi connectivity index (χ1v) is 8.29. The molecule has 1 aromatic carbocycles. The van der Waals surface area contributed by atoms with E-state index in [2.05, 4.69) is 43.4 Å². The van der Waals surface area contributed by atoms with Gasteiger partial charge in [-0.15, -0.1) is 0 Å². The van der Waals surface area contributed by atoms with Crippen LogP contribution in [0.2, 0.25) is 13.1 Å². The van der Waals surface area contributed by atoms with Gasteiger partial charge in [-0.05, 0) is 37.0 Å². The van der Waals surface area contributed by atoms with Crippen LogP contribution < -0.4 is 5.19 Å². The molecular weight excluding hydrogens is 188 g/mol. The first-order valence-electron chi connectivity index (χ1n) is 5.38. The van der Waals surface area contributed by atoms with E-state index >= 15 is 0 Å². The van der Waals surface area contributed by atoms with E-state index in [4.69, 9.17) is 4.43 Å². The van der Waals surface area contributed by atoms with E-state index in [9.17, 15) is 0 Å². The van der Waals surface area contributed by atoms with Crippen molar-refractivity contribution in [1.82, 2.24) is 0 Å². The van der Waals surface area contributed by atoms with Gasteiger partial charge in [0, 0.05) is 6.61 Å². The predicted molar refractivity (Wildman–Crippen MR) is 62.2 cm³/mol. The lowest BCUT2D eigenvalue weighted by atomic mass is 10.4. The fourth-order valence-corrected chi connectivity index (χ4v) is 3.35. The standard InChI is InChI=1S/C12H18OSi/c1-14(2,13-10-11-8-9-11)12-6-4-3-5-7-12/h3-7,11H,8-10H2,1-2H3. The van der Waals surface area contributed by atoms with E-state index < -0.39 is 8.32 Å². The van der Waals surface area contributed by atoms with E-state index in [0.29, 0.717) is 0 Å². The van der Waals surface area contributed by atoms with Crippen LogP contribution >= 0.6 is 0 Å². The monoisotopic (exact) mass is 206 g/mol. The van der Waals surface area contributed by atoms with Crippen molar-refractivity contribution in [2.24, 2.45) is 5.92 Å². The molecule has 0 N–H and O–H groups in total. The van der Waals surface area contributed by atoms with Crippen LogP contribution in [-0.2, 0) is 4.43 Å². The lowest BCUT2D eigenvalue weighted by molar-refractivity contribution is 0.297. The van der Waals surface area contributed by atoms with Crippen molar-refractivity contribution in [2.75, 3.05) is 6.61 Å². The minimum absolute atomic E-state index is 0.866. The maximum absolute atomic E-state index is 6.08. The Hall–Kier alpha value is -0.603. The number of hydrogen-bond donors (Lipinski definition) is 0. The molecule has 14 heavy (non-hydrogen) atoms. The normalized spacial score (nSPS) is 17.0. The van der Waals surface area contributed by atoms with E-state index in [1.165, 1.54) is 18.0 Å². The van der Waals surface area contributed by atoms with Crippen LogP contribution in [0.3, 0.4) is 0 Å². The molecule has 1 aromatic rings. The third-order valence-corrected chi connectivity index (χ3v) is 5.46. The topological polar surface area (TPSA) is 9.23 Å². The Morgan fingerprint density at radius 3 is 2.43 bits per heavy atom. The zero-order chi connectivity index (χ0) is 10.0. The van der Waals surface area contributed by atoms with Gasteiger partial charge in [0.1, 0.15) is 0 Å². The Morgan fingerprint density at radius 1 is 1.21 bits per heavy atom. The highest BCUT2D eigenvalue weighted by atomic mass is 28.4. The molecular formula is C12H18OSi. The van der Waals surface area contributed by atoms with Crippen molar-refractivity contribution in [3.8, 4) is 0 Å². The second kappa shape index (κ2) is 3.87. The summed E-state index contributed by atoms with van der Waals surface area (Å²) in [6, 6.07) is 10.7. The molecule has 0 amide bonds. The summed E-state index contributed by atoms with van der Waals surface area (Å²) in [5.74, 6) is 0.866. The Morgan fingerprint density at radius 2 is 1.86 bits per heavy atom. The minimum Gasteiger partial charge on any atom is -0.413 e. The molecule has 0 radical (unpaired) electrons. The molecule has 2 heteroatoms. The third kappa shape index (κ3) is 2.46. The first kappa shape index (κ1) is 9.93. The van der Waals surface area contributed by atoms with E-state index in [1.54, 1.807) is 0 Å². The summed E-state index contributed by atoms with van der Waals surface area (Å²) >= 11 is 0. The van der Waals surface area contributed by atoms with Gasteiger partial charge in [-0.2, -0.15) is 0 Å². The van der Waals surface area contributed by atoms with Gasteiger partial charge in [-0.25, -0.2) is 0 Å². The maximum Gasteiger partial charge on any atom is 0.218 e. The number of benzene rings is 1. The summed E-state index contributed by atoms with van der Waals surface area (Å²) in [5, 5.41) is 1.40. The number of rotatable bonds is 4. The number of hydrogen-bond acceptors (Lipinski definition) is 1. The Balaban J connectivity index is 1.99. The quantitative estimate of drug-likeness (QED) is 0.688. The maximum atomic E-state index is 6.08. The molecule has 0 bridgehead atoms. The van der Waals surface area contributed by atoms with Crippen LogP contribution in [-0.4, -0.2) is 14.9 Å². The van der Waals surface area contributed by atoms with Crippen LogP contribution in [0.25, 0.3) is 0 Å². The van der Waals surface area contributed by atoms with Crippen molar-refractivity contribution >= 4 is 13.5 Å². The summed E-state index contributed by atoms with van der Waals surface area (Å²) in [4.78, 5) is 0. The minimum atomic E-state index is -1.60. The molecule has 0 spiro atoms. The highest BCUT2D eigenvalue weighted by molar-refractivity contribution is 6.84. The van der Waals surface area contributed by atoms with Crippen LogP contribution in [0.5, 0.6) is 0 Å². The average Bonchev–Trinajstić information content (AvgIpc) is 3.00. The van der Waals surface area contributed by atoms with Gasteiger partial charge in [0.25, 0.3) is 0 Å². The summed E-state index contributed by atoms with van der Waals surface area (Å²) < 4.78 is 6.08. The molecule has 1 aliphatic carbocycles. The third-order valence-electron chi connectivity index (χ3n) is 2.85. The van der Waals surface area contributed by atoms with Gasteiger partial charge in [0.2, 0.25) is 8.32 Å². The average molecular weight is 206 g/mol. The van der Waals surface area contributed by atoms with Gasteiger partial charge in [-0.1, -0.05) is 30.3 Å². The predicted octanol–water partition coefficient (Wildman–Crippen LogP) is 2.53. The van der Waals surface area contributed by atoms with E-state index in [-0.39, 0.29) is 0 Å². The molecule has 0 aromatic heterocycles. The van der Waals surface area contributed by atoms with E-state index in [1.807, 2.05) is 0 Å². The Kier molecular flexibility index (Phi) is 2.75. The second-order valence-corrected chi connectivity index (χ2v) is 8.52. The molecule has 76 valence electrons. The van der Waals surface area contributed by atoms with Gasteiger partial charge < -0.3 is 4.43 Å². The molecule has 2 rings (SSSR count). The smallest absolute Gasteiger partial charge is 0.218 e. The zero-order valence-corrected chi connectivity index (χ0v) is 9.99. The highest BCUT2D eigenvalue weighted by Crippen LogP contribution is 2.29. The lowest BCUT2D eigenvalue weighted by Crippen LogP contribution is -2.45. The van der Waals surface area contributed by atoms with Crippen molar-refractivity contribution in [3.63, 3.8) is 0 Å². The van der Waals surface area contributed by atoms with Gasteiger partial charge >= 0.3 is 0 Å². The molecule has 0 heterocycles. The van der Waals surface area contributed by atoms with Crippen molar-refractivity contribution in [3.05, 3.63) is 30.3 Å². The summed E-state index contributed by atoms with van der Waals surface area (Å²) in [6.45, 7) is 5.55. The van der Waals surface area contributed by atoms with Crippen LogP contribution in [0.4, 0.5) is 0 Å². The highest BCUT2D eigenvalue weighted by Gasteiger charge is 2.29. The van der Waals surface area contributed by atoms with Crippen molar-refractivity contribution in [1.29, 1.82) is 0 Å². The van der Waals surface area contributed by atoms with Crippen LogP contribution in [0, 0.1) is 5.92 Å². The van der Waals surface area contributed by atoms with E-state index in [0.717, 1.165) is 12.5 Å². The molecule has 0 saturated heterocycles. The summed E-state index contributed by atoms with van der Waals surface area (Å²) in [6.07, 6.45) is 2.75. The SMILES string of the molecule is C[Si](C)(OCC1CC1)c1ccccc1. The summed E-state index contributed by atoms with van der Waals surface area (Å²) in [5.41, 5.74) is 0. The zero-order valence-electron chi connectivity index (χ0n) is 8.99. The van der Waals surface area contributed by atoms with Gasteiger partial charge in [0.15, 0.2) is 0 Å². The second-order valence-electron chi connectivity index (χ2n) is 4.63. The molecule has 1 aliphatic rings. The summed E-state index contributed by atoms with van der Waals surface area (Å²) in [7, 11) is -1.60. The molecule has 0 atom stereocenters. The van der Waals surface area contributed by atoms with Crippen LogP contribution in [0.15, 0.2) is 30.3 Å². The fraction of sp³-hybridized carbons (Fsp3) is 0.500. The molecule has 1 saturated carbocycles. The largest absolute Gasteiger partial charge is 0.413 e. The molecule has 1 fully saturated rings. The molecule has 1 nitrogen and oxygen atoms in total. The fourth-order valence-electron chi connectivity index (χ4n) is 1.53. The Bertz CT molecular complexity index is 290. The molecule has 0 unspecified atom stereocenters. The molecule has 0 aliphatic heterocycles. The Labute approximate surface area is 87.2 Å². The van der Waals surface area contributed by atoms with Crippen molar-refractivity contribution < 1.29 is 4.43 Å². The first-order chi connectivity index (χ1) is 6.68. The van der Waals surface area contributed by atoms with Crippen molar-refractivity contribution in [2.45, 2.75) is 25.9 Å².